The summed E-state index contributed by atoms with van der Waals surface area (Å²) in [6.07, 6.45) is 4.91. The van der Waals surface area contributed by atoms with Crippen LogP contribution in [0.3, 0.4) is 0 Å². The molecular formula is C8H10N6. The number of hydrogen-bond donors (Lipinski definition) is 0. The van der Waals surface area contributed by atoms with Gasteiger partial charge in [0.25, 0.3) is 0 Å². The Morgan fingerprint density at radius 1 is 1.29 bits per heavy atom. The molecule has 0 amide bonds. The van der Waals surface area contributed by atoms with Crippen LogP contribution in [0.25, 0.3) is 0 Å². The number of nitrogens with zero attached hydrogens (tertiary/aromatic N) is 6. The molecule has 6 heteroatoms. The Morgan fingerprint density at radius 2 is 2.07 bits per heavy atom. The third kappa shape index (κ3) is 1.46. The lowest BCUT2D eigenvalue weighted by Crippen LogP contribution is -2.11. The van der Waals surface area contributed by atoms with E-state index in [-0.39, 0.29) is 6.04 Å². The van der Waals surface area contributed by atoms with Crippen molar-refractivity contribution in [3.05, 3.63) is 30.1 Å². The van der Waals surface area contributed by atoms with Crippen molar-refractivity contribution < 1.29 is 0 Å². The maximum absolute atomic E-state index is 4.26. The molecule has 6 nitrogen and oxygen atoms in total. The summed E-state index contributed by atoms with van der Waals surface area (Å²) in [7, 11) is 0. The van der Waals surface area contributed by atoms with Crippen LogP contribution >= 0.6 is 0 Å². The van der Waals surface area contributed by atoms with Crippen molar-refractivity contribution in [2.45, 2.75) is 19.9 Å². The Balaban J connectivity index is 2.37. The van der Waals surface area contributed by atoms with Crippen molar-refractivity contribution in [1.29, 1.82) is 0 Å². The SMILES string of the molecule is Cc1nccnc1C(C)n1cnnn1. The topological polar surface area (TPSA) is 69.4 Å². The summed E-state index contributed by atoms with van der Waals surface area (Å²) in [6, 6.07) is 0.0127. The fraction of sp³-hybridized carbons (Fsp3) is 0.375. The van der Waals surface area contributed by atoms with Crippen molar-refractivity contribution in [3.63, 3.8) is 0 Å². The molecule has 0 N–H and O–H groups in total. The zero-order chi connectivity index (χ0) is 9.97. The number of aromatic nitrogens is 6. The molecule has 0 aliphatic rings. The molecule has 0 saturated heterocycles. The van der Waals surface area contributed by atoms with Gasteiger partial charge in [0, 0.05) is 12.4 Å². The first-order valence-electron chi connectivity index (χ1n) is 4.29. The van der Waals surface area contributed by atoms with Gasteiger partial charge in [0.2, 0.25) is 0 Å². The van der Waals surface area contributed by atoms with E-state index in [0.29, 0.717) is 0 Å². The van der Waals surface area contributed by atoms with Crippen LogP contribution in [0.5, 0.6) is 0 Å². The van der Waals surface area contributed by atoms with Crippen LogP contribution in [0.15, 0.2) is 18.7 Å². The lowest BCUT2D eigenvalue weighted by Gasteiger charge is -2.10. The Morgan fingerprint density at radius 3 is 2.71 bits per heavy atom. The van der Waals surface area contributed by atoms with Gasteiger partial charge in [0.05, 0.1) is 17.4 Å². The standard InChI is InChI=1S/C8H10N6/c1-6-8(10-4-3-9-6)7(2)14-5-11-12-13-14/h3-5,7H,1-2H3. The summed E-state index contributed by atoms with van der Waals surface area (Å²) in [4.78, 5) is 8.42. The van der Waals surface area contributed by atoms with Crippen LogP contribution in [0, 0.1) is 6.92 Å². The molecule has 14 heavy (non-hydrogen) atoms. The van der Waals surface area contributed by atoms with Crippen molar-refractivity contribution in [2.24, 2.45) is 0 Å². The molecule has 0 bridgehead atoms. The van der Waals surface area contributed by atoms with E-state index < -0.39 is 0 Å². The molecule has 0 radical (unpaired) electrons. The predicted molar refractivity (Wildman–Crippen MR) is 48.4 cm³/mol. The van der Waals surface area contributed by atoms with Gasteiger partial charge in [0.15, 0.2) is 0 Å². The number of aryl methyl sites for hydroxylation is 1. The summed E-state index contributed by atoms with van der Waals surface area (Å²) in [6.45, 7) is 3.90. The summed E-state index contributed by atoms with van der Waals surface area (Å²) in [5.74, 6) is 0. The first-order chi connectivity index (χ1) is 6.79. The predicted octanol–water partition coefficient (Wildman–Crippen LogP) is 0.381. The highest BCUT2D eigenvalue weighted by Gasteiger charge is 2.12. The monoisotopic (exact) mass is 190 g/mol. The lowest BCUT2D eigenvalue weighted by molar-refractivity contribution is 0.526. The number of tetrazole rings is 1. The summed E-state index contributed by atoms with van der Waals surface area (Å²) in [5.41, 5.74) is 1.79. The van der Waals surface area contributed by atoms with E-state index in [1.54, 1.807) is 23.4 Å². The van der Waals surface area contributed by atoms with E-state index in [1.165, 1.54) is 0 Å². The molecule has 2 rings (SSSR count). The van der Waals surface area contributed by atoms with E-state index in [9.17, 15) is 0 Å². The molecule has 0 aromatic carbocycles. The smallest absolute Gasteiger partial charge is 0.138 e. The molecule has 1 atom stereocenters. The molecule has 2 heterocycles. The third-order valence-corrected chi connectivity index (χ3v) is 2.08. The summed E-state index contributed by atoms with van der Waals surface area (Å²) < 4.78 is 1.65. The van der Waals surface area contributed by atoms with Gasteiger partial charge in [-0.3, -0.25) is 9.97 Å². The Bertz CT molecular complexity index is 410. The fourth-order valence-electron chi connectivity index (χ4n) is 1.30. The van der Waals surface area contributed by atoms with Crippen LogP contribution in [0.4, 0.5) is 0 Å². The largest absolute Gasteiger partial charge is 0.258 e. The van der Waals surface area contributed by atoms with Gasteiger partial charge in [0.1, 0.15) is 6.33 Å². The van der Waals surface area contributed by atoms with Crippen LogP contribution in [-0.4, -0.2) is 30.2 Å². The first-order valence-corrected chi connectivity index (χ1v) is 4.29. The van der Waals surface area contributed by atoms with Gasteiger partial charge in [-0.05, 0) is 24.3 Å². The van der Waals surface area contributed by atoms with E-state index >= 15 is 0 Å². The maximum Gasteiger partial charge on any atom is 0.138 e. The highest BCUT2D eigenvalue weighted by Crippen LogP contribution is 2.14. The average Bonchev–Trinajstić information content (AvgIpc) is 2.70. The molecule has 72 valence electrons. The van der Waals surface area contributed by atoms with Crippen molar-refractivity contribution in [2.75, 3.05) is 0 Å². The molecule has 2 aromatic heterocycles. The molecule has 0 aliphatic carbocycles. The van der Waals surface area contributed by atoms with Crippen LogP contribution in [0.1, 0.15) is 24.4 Å². The van der Waals surface area contributed by atoms with Crippen LogP contribution < -0.4 is 0 Å². The zero-order valence-electron chi connectivity index (χ0n) is 7.99. The van der Waals surface area contributed by atoms with Crippen LogP contribution in [0.2, 0.25) is 0 Å². The maximum atomic E-state index is 4.26. The molecule has 0 aliphatic heterocycles. The fourth-order valence-corrected chi connectivity index (χ4v) is 1.30. The Kier molecular flexibility index (Phi) is 2.18. The number of rotatable bonds is 2. The second-order valence-corrected chi connectivity index (χ2v) is 2.99. The van der Waals surface area contributed by atoms with Crippen molar-refractivity contribution in [3.8, 4) is 0 Å². The quantitative estimate of drug-likeness (QED) is 0.684. The van der Waals surface area contributed by atoms with Crippen molar-refractivity contribution >= 4 is 0 Å². The average molecular weight is 190 g/mol. The molecule has 0 spiro atoms. The Hall–Kier alpha value is -1.85. The zero-order valence-corrected chi connectivity index (χ0v) is 7.99. The second-order valence-electron chi connectivity index (χ2n) is 2.99. The van der Waals surface area contributed by atoms with Gasteiger partial charge in [-0.15, -0.1) is 5.10 Å². The molecule has 0 saturated carbocycles. The first kappa shape index (κ1) is 8.74. The molecule has 1 unspecified atom stereocenters. The highest BCUT2D eigenvalue weighted by atomic mass is 15.5. The molecule has 2 aromatic rings. The number of hydrogen-bond acceptors (Lipinski definition) is 5. The minimum absolute atomic E-state index is 0.0127. The highest BCUT2D eigenvalue weighted by molar-refractivity contribution is 5.12. The van der Waals surface area contributed by atoms with E-state index in [1.807, 2.05) is 13.8 Å². The molecule has 0 fully saturated rings. The minimum Gasteiger partial charge on any atom is -0.258 e. The third-order valence-electron chi connectivity index (χ3n) is 2.08. The van der Waals surface area contributed by atoms with Crippen molar-refractivity contribution in [1.82, 2.24) is 30.2 Å². The van der Waals surface area contributed by atoms with Gasteiger partial charge < -0.3 is 0 Å². The van der Waals surface area contributed by atoms with E-state index in [2.05, 4.69) is 25.5 Å². The summed E-state index contributed by atoms with van der Waals surface area (Å²) >= 11 is 0. The summed E-state index contributed by atoms with van der Waals surface area (Å²) in [5, 5.41) is 11.0. The minimum atomic E-state index is 0.0127. The van der Waals surface area contributed by atoms with Crippen LogP contribution in [-0.2, 0) is 0 Å². The van der Waals surface area contributed by atoms with Gasteiger partial charge in [-0.25, -0.2) is 4.68 Å². The van der Waals surface area contributed by atoms with Gasteiger partial charge in [-0.1, -0.05) is 0 Å². The van der Waals surface area contributed by atoms with Gasteiger partial charge >= 0.3 is 0 Å². The molecular weight excluding hydrogens is 180 g/mol. The lowest BCUT2D eigenvalue weighted by atomic mass is 10.2. The Labute approximate surface area is 81.0 Å². The normalized spacial score (nSPS) is 12.7. The second kappa shape index (κ2) is 3.49. The van der Waals surface area contributed by atoms with E-state index in [4.69, 9.17) is 0 Å². The van der Waals surface area contributed by atoms with Gasteiger partial charge in [-0.2, -0.15) is 0 Å². The van der Waals surface area contributed by atoms with E-state index in [0.717, 1.165) is 11.4 Å².